The van der Waals surface area contributed by atoms with E-state index in [1.54, 1.807) is 27.6 Å². The number of sulfonamides is 1. The highest BCUT2D eigenvalue weighted by Crippen LogP contribution is 2.37. The SMILES string of the molecule is C[C@@H](Oc1ccc2[nH]nc(-c3ccc(N4CCN(S(=O)(=O)C5CCN(C(=O)CN6CCC(c7ccc8c(N9CCC(=O)NC9=O)nn(C)c8c7)CC6)CC5)CC4)nc3)c2c1)c1c(Cl)cncc1Cl. The van der Waals surface area contributed by atoms with Crippen LogP contribution in [0.4, 0.5) is 16.4 Å². The molecule has 4 aliphatic heterocycles. The topological polar surface area (TPSA) is 195 Å². The van der Waals surface area contributed by atoms with Crippen LogP contribution in [-0.4, -0.2) is 141 Å². The number of nitrogens with zero attached hydrogens (tertiary/aromatic N) is 10. The van der Waals surface area contributed by atoms with E-state index < -0.39 is 27.4 Å². The van der Waals surface area contributed by atoms with Crippen LogP contribution < -0.4 is 19.9 Å². The minimum atomic E-state index is -3.55. The largest absolute Gasteiger partial charge is 0.486 e. The van der Waals surface area contributed by atoms with Crippen LogP contribution in [0.1, 0.15) is 62.2 Å². The summed E-state index contributed by atoms with van der Waals surface area (Å²) in [5.41, 5.74) is 5.16. The maximum absolute atomic E-state index is 13.9. The summed E-state index contributed by atoms with van der Waals surface area (Å²) in [6.45, 7) is 6.63. The van der Waals surface area contributed by atoms with E-state index in [2.05, 4.69) is 47.5 Å². The number of nitrogens with one attached hydrogen (secondary N) is 2. The van der Waals surface area contributed by atoms with Gasteiger partial charge in [0.15, 0.2) is 5.82 Å². The smallest absolute Gasteiger partial charge is 0.329 e. The van der Waals surface area contributed by atoms with Gasteiger partial charge in [-0.15, -0.1) is 0 Å². The zero-order valence-electron chi connectivity index (χ0n) is 37.8. The Morgan fingerprint density at radius 1 is 0.868 bits per heavy atom. The lowest BCUT2D eigenvalue weighted by atomic mass is 9.89. The number of H-pyrrole nitrogens is 1. The number of aromatic nitrogens is 6. The second-order valence-electron chi connectivity index (χ2n) is 18.0. The number of imide groups is 1. The van der Waals surface area contributed by atoms with Crippen LogP contribution in [0.5, 0.6) is 5.75 Å². The first-order valence-corrected chi connectivity index (χ1v) is 25.3. The van der Waals surface area contributed by atoms with Crippen molar-refractivity contribution in [1.29, 1.82) is 0 Å². The molecule has 21 heteroatoms. The van der Waals surface area contributed by atoms with E-state index in [1.807, 2.05) is 55.3 Å². The maximum Gasteiger partial charge on any atom is 0.329 e. The van der Waals surface area contributed by atoms with Crippen LogP contribution in [0.15, 0.2) is 67.1 Å². The number of aromatic amines is 1. The summed E-state index contributed by atoms with van der Waals surface area (Å²) in [5, 5.41) is 16.7. The fourth-order valence-corrected chi connectivity index (χ4v) is 12.6. The molecule has 10 rings (SSSR count). The van der Waals surface area contributed by atoms with Crippen molar-refractivity contribution in [3.63, 3.8) is 0 Å². The number of fused-ring (bicyclic) bond motifs is 2. The fraction of sp³-hybridized carbons (Fsp3) is 0.426. The number of piperidine rings is 2. The molecule has 356 valence electrons. The summed E-state index contributed by atoms with van der Waals surface area (Å²) >= 11 is 12.7. The third-order valence-electron chi connectivity index (χ3n) is 13.9. The average molecular weight is 984 g/mol. The Labute approximate surface area is 403 Å². The molecule has 68 heavy (non-hydrogen) atoms. The van der Waals surface area contributed by atoms with E-state index >= 15 is 0 Å². The number of hydrogen-bond acceptors (Lipinski definition) is 12. The van der Waals surface area contributed by atoms with Gasteiger partial charge in [0.2, 0.25) is 21.8 Å². The van der Waals surface area contributed by atoms with Crippen molar-refractivity contribution in [1.82, 2.24) is 49.4 Å². The number of benzene rings is 2. The van der Waals surface area contributed by atoms with E-state index in [0.29, 0.717) is 91.7 Å². The predicted molar refractivity (Wildman–Crippen MR) is 260 cm³/mol. The van der Waals surface area contributed by atoms with Crippen molar-refractivity contribution in [3.8, 4) is 17.0 Å². The van der Waals surface area contributed by atoms with Crippen molar-refractivity contribution in [2.24, 2.45) is 7.05 Å². The molecule has 8 heterocycles. The number of anilines is 2. The van der Waals surface area contributed by atoms with Crippen LogP contribution in [0, 0.1) is 0 Å². The molecular formula is C47H52Cl2N12O6S. The lowest BCUT2D eigenvalue weighted by Gasteiger charge is -2.39. The molecule has 2 aromatic carbocycles. The first-order valence-electron chi connectivity index (χ1n) is 23.0. The van der Waals surface area contributed by atoms with Gasteiger partial charge in [-0.05, 0) is 99.6 Å². The summed E-state index contributed by atoms with van der Waals surface area (Å²) in [5.74, 6) is 2.01. The molecule has 4 saturated heterocycles. The van der Waals surface area contributed by atoms with Crippen molar-refractivity contribution in [2.75, 3.05) is 75.2 Å². The zero-order chi connectivity index (χ0) is 47.3. The highest BCUT2D eigenvalue weighted by Gasteiger charge is 2.38. The lowest BCUT2D eigenvalue weighted by Crippen LogP contribution is -2.54. The Morgan fingerprint density at radius 2 is 1.62 bits per heavy atom. The van der Waals surface area contributed by atoms with Crippen molar-refractivity contribution >= 4 is 84.5 Å². The number of halogens is 2. The second-order valence-corrected chi connectivity index (χ2v) is 21.0. The van der Waals surface area contributed by atoms with Crippen LogP contribution in [-0.2, 0) is 26.7 Å². The number of hydrogen-bond donors (Lipinski definition) is 2. The molecule has 4 amide bonds. The number of piperazine rings is 1. The molecule has 0 spiro atoms. The van der Waals surface area contributed by atoms with Crippen LogP contribution in [0.3, 0.4) is 0 Å². The monoisotopic (exact) mass is 982 g/mol. The molecule has 2 N–H and O–H groups in total. The van der Waals surface area contributed by atoms with Gasteiger partial charge >= 0.3 is 6.03 Å². The number of carbonyl (C=O) groups excluding carboxylic acids is 3. The van der Waals surface area contributed by atoms with Crippen LogP contribution >= 0.6 is 23.2 Å². The number of aryl methyl sites for hydroxylation is 1. The molecule has 0 saturated carbocycles. The lowest BCUT2D eigenvalue weighted by molar-refractivity contribution is -0.133. The molecule has 6 aromatic rings. The third-order valence-corrected chi connectivity index (χ3v) is 16.9. The van der Waals surface area contributed by atoms with E-state index in [-0.39, 0.29) is 24.8 Å². The Bertz CT molecular complexity index is 2980. The minimum absolute atomic E-state index is 0.0426. The number of amides is 4. The molecule has 4 aromatic heterocycles. The quantitative estimate of drug-likeness (QED) is 0.151. The number of pyridine rings is 2. The van der Waals surface area contributed by atoms with Gasteiger partial charge < -0.3 is 14.5 Å². The Kier molecular flexibility index (Phi) is 12.8. The van der Waals surface area contributed by atoms with Gasteiger partial charge in [0.25, 0.3) is 0 Å². The zero-order valence-corrected chi connectivity index (χ0v) is 40.1. The molecule has 0 radical (unpaired) electrons. The number of ether oxygens (including phenoxy) is 1. The van der Waals surface area contributed by atoms with Gasteiger partial charge in [-0.25, -0.2) is 18.2 Å². The Morgan fingerprint density at radius 3 is 2.32 bits per heavy atom. The van der Waals surface area contributed by atoms with E-state index in [9.17, 15) is 22.8 Å². The first-order chi connectivity index (χ1) is 32.8. The number of urea groups is 1. The normalized spacial score (nSPS) is 19.0. The van der Waals surface area contributed by atoms with Gasteiger partial charge in [-0.2, -0.15) is 14.5 Å². The summed E-state index contributed by atoms with van der Waals surface area (Å²) in [6.07, 6.45) is 7.31. The van der Waals surface area contributed by atoms with E-state index in [0.717, 1.165) is 64.8 Å². The highest BCUT2D eigenvalue weighted by atomic mass is 35.5. The molecule has 0 aliphatic carbocycles. The van der Waals surface area contributed by atoms with E-state index in [4.69, 9.17) is 32.9 Å². The summed E-state index contributed by atoms with van der Waals surface area (Å²) in [4.78, 5) is 54.1. The van der Waals surface area contributed by atoms with Gasteiger partial charge in [0, 0.05) is 99.8 Å². The van der Waals surface area contributed by atoms with Gasteiger partial charge in [0.05, 0.1) is 32.9 Å². The second kappa shape index (κ2) is 18.9. The average Bonchev–Trinajstić information content (AvgIpc) is 3.91. The minimum Gasteiger partial charge on any atom is -0.486 e. The molecule has 1 atom stereocenters. The van der Waals surface area contributed by atoms with Crippen molar-refractivity contribution in [3.05, 3.63) is 88.3 Å². The summed E-state index contributed by atoms with van der Waals surface area (Å²) in [7, 11) is -1.69. The van der Waals surface area contributed by atoms with Gasteiger partial charge in [-0.1, -0.05) is 29.3 Å². The maximum atomic E-state index is 13.9. The summed E-state index contributed by atoms with van der Waals surface area (Å²) < 4.78 is 37.4. The first kappa shape index (κ1) is 45.9. The standard InChI is InChI=1S/C47H52Cl2N12O6S/c1-29(44-37(48)26-50-27-38(44)49)67-33-5-7-39-36(24-33)45(54-53-39)32-4-8-41(51-25-32)58-19-21-60(22-20-58)68(65,66)34-11-16-59(17-12-34)43(63)28-57-14-9-30(10-15-57)31-3-6-35-40(23-31)56(2)55-46(35)61-18-13-42(62)52-47(61)64/h3-8,23-27,29-30,34H,9-22,28H2,1-2H3,(H,53,54)(H,52,62,64)/t29-/m1/s1. The number of carbonyl (C=O) groups is 3. The molecule has 18 nitrogen and oxygen atoms in total. The predicted octanol–water partition coefficient (Wildman–Crippen LogP) is 6.12. The van der Waals surface area contributed by atoms with Gasteiger partial charge in [0.1, 0.15) is 23.4 Å². The van der Waals surface area contributed by atoms with Crippen molar-refractivity contribution in [2.45, 2.75) is 56.3 Å². The summed E-state index contributed by atoms with van der Waals surface area (Å²) in [6, 6.07) is 15.4. The van der Waals surface area contributed by atoms with Crippen molar-refractivity contribution < 1.29 is 27.5 Å². The van der Waals surface area contributed by atoms with Crippen LogP contribution in [0.25, 0.3) is 33.1 Å². The third kappa shape index (κ3) is 9.09. The molecule has 0 unspecified atom stereocenters. The number of likely N-dealkylation sites (tertiary alicyclic amines) is 2. The Balaban J connectivity index is 0.682. The molecular weight excluding hydrogens is 932 g/mol. The number of rotatable bonds is 11. The molecule has 0 bridgehead atoms. The Hall–Kier alpha value is -5.86. The molecule has 4 aliphatic rings. The van der Waals surface area contributed by atoms with Gasteiger partial charge in [-0.3, -0.25) is 39.5 Å². The highest BCUT2D eigenvalue weighted by molar-refractivity contribution is 7.89. The molecule has 4 fully saturated rings. The van der Waals surface area contributed by atoms with E-state index in [1.165, 1.54) is 10.5 Å². The van der Waals surface area contributed by atoms with Crippen LogP contribution in [0.2, 0.25) is 10.0 Å². The fourth-order valence-electron chi connectivity index (χ4n) is 10.0.